The molecular weight excluding hydrogens is 421 g/mol. The second-order valence-electron chi connectivity index (χ2n) is 9.97. The van der Waals surface area contributed by atoms with Crippen LogP contribution in [0.3, 0.4) is 0 Å². The molecule has 1 saturated carbocycles. The topological polar surface area (TPSA) is 61.9 Å². The standard InChI is InChI=1S/C26H38FN3O3/c1-3-24(31)30-15-11-19(12-16-30)26(18-29-13-6-14-29,20-7-4-8-21(27)17-20)22-9-5-10-23(22)28-25(32)33-2/h4,7-8,17,19,22-23H,3,5-6,9-16,18H2,1-2H3,(H,28,32)/t22-,23-,26?/m0/s1. The number of alkyl carbamates (subject to hydrolysis) is 1. The maximum absolute atomic E-state index is 14.6. The second-order valence-corrected chi connectivity index (χ2v) is 9.97. The van der Waals surface area contributed by atoms with Gasteiger partial charge in [-0.1, -0.05) is 25.5 Å². The molecule has 182 valence electrons. The monoisotopic (exact) mass is 459 g/mol. The molecule has 3 atom stereocenters. The minimum atomic E-state index is -0.396. The van der Waals surface area contributed by atoms with Crippen molar-refractivity contribution in [3.63, 3.8) is 0 Å². The molecule has 1 aromatic rings. The fraction of sp³-hybridized carbons (Fsp3) is 0.692. The van der Waals surface area contributed by atoms with Crippen molar-refractivity contribution in [2.24, 2.45) is 11.8 Å². The van der Waals surface area contributed by atoms with Gasteiger partial charge in [0.2, 0.25) is 5.91 Å². The lowest BCUT2D eigenvalue weighted by molar-refractivity contribution is -0.133. The van der Waals surface area contributed by atoms with Gasteiger partial charge in [0.15, 0.2) is 0 Å². The number of hydrogen-bond acceptors (Lipinski definition) is 4. The van der Waals surface area contributed by atoms with Crippen LogP contribution in [-0.2, 0) is 14.9 Å². The molecule has 2 heterocycles. The molecule has 4 rings (SSSR count). The molecule has 0 aromatic heterocycles. The number of nitrogens with zero attached hydrogens (tertiary/aromatic N) is 2. The molecule has 1 aliphatic carbocycles. The van der Waals surface area contributed by atoms with Crippen molar-refractivity contribution < 1.29 is 18.7 Å². The third-order valence-electron chi connectivity index (χ3n) is 8.34. The maximum atomic E-state index is 14.6. The Morgan fingerprint density at radius 2 is 1.88 bits per heavy atom. The summed E-state index contributed by atoms with van der Waals surface area (Å²) in [6, 6.07) is 7.14. The van der Waals surface area contributed by atoms with Crippen LogP contribution in [0.25, 0.3) is 0 Å². The Bertz CT molecular complexity index is 838. The highest BCUT2D eigenvalue weighted by molar-refractivity contribution is 5.75. The molecule has 6 nitrogen and oxygen atoms in total. The highest BCUT2D eigenvalue weighted by Gasteiger charge is 2.53. The number of methoxy groups -OCH3 is 1. The smallest absolute Gasteiger partial charge is 0.407 e. The number of benzene rings is 1. The predicted molar refractivity (Wildman–Crippen MR) is 125 cm³/mol. The van der Waals surface area contributed by atoms with Crippen molar-refractivity contribution in [3.05, 3.63) is 35.6 Å². The molecule has 2 aliphatic heterocycles. The fourth-order valence-electron chi connectivity index (χ4n) is 6.61. The Hall–Kier alpha value is -2.15. The van der Waals surface area contributed by atoms with Crippen LogP contribution in [0, 0.1) is 17.7 Å². The van der Waals surface area contributed by atoms with Gasteiger partial charge in [0.1, 0.15) is 5.82 Å². The summed E-state index contributed by atoms with van der Waals surface area (Å²) in [6.07, 6.45) is 6.06. The van der Waals surface area contributed by atoms with Gasteiger partial charge in [-0.15, -0.1) is 0 Å². The summed E-state index contributed by atoms with van der Waals surface area (Å²) in [6.45, 7) is 6.40. The van der Waals surface area contributed by atoms with Gasteiger partial charge in [-0.05, 0) is 74.7 Å². The molecule has 7 heteroatoms. The number of carbonyl (C=O) groups excluding carboxylic acids is 2. The third-order valence-corrected chi connectivity index (χ3v) is 8.34. The van der Waals surface area contributed by atoms with Crippen LogP contribution < -0.4 is 5.32 Å². The van der Waals surface area contributed by atoms with Gasteiger partial charge in [0.25, 0.3) is 0 Å². The lowest BCUT2D eigenvalue weighted by Gasteiger charge is -2.53. The van der Waals surface area contributed by atoms with Crippen molar-refractivity contribution in [3.8, 4) is 0 Å². The summed E-state index contributed by atoms with van der Waals surface area (Å²) >= 11 is 0. The summed E-state index contributed by atoms with van der Waals surface area (Å²) in [5, 5.41) is 3.11. The van der Waals surface area contributed by atoms with E-state index in [4.69, 9.17) is 4.74 Å². The number of hydrogen-bond donors (Lipinski definition) is 1. The number of nitrogens with one attached hydrogen (secondary N) is 1. The average molecular weight is 460 g/mol. The predicted octanol–water partition coefficient (Wildman–Crippen LogP) is 3.94. The van der Waals surface area contributed by atoms with Crippen molar-refractivity contribution in [1.29, 1.82) is 0 Å². The van der Waals surface area contributed by atoms with E-state index in [1.807, 2.05) is 17.9 Å². The number of ether oxygens (including phenoxy) is 1. The van der Waals surface area contributed by atoms with E-state index in [1.54, 1.807) is 6.07 Å². The van der Waals surface area contributed by atoms with Crippen LogP contribution in [0.4, 0.5) is 9.18 Å². The first-order valence-corrected chi connectivity index (χ1v) is 12.6. The van der Waals surface area contributed by atoms with Crippen LogP contribution >= 0.6 is 0 Å². The zero-order valence-corrected chi connectivity index (χ0v) is 20.0. The van der Waals surface area contributed by atoms with Crippen molar-refractivity contribution >= 4 is 12.0 Å². The lowest BCUT2D eigenvalue weighted by atomic mass is 9.57. The highest BCUT2D eigenvalue weighted by atomic mass is 19.1. The third kappa shape index (κ3) is 4.88. The molecule has 1 unspecified atom stereocenters. The maximum Gasteiger partial charge on any atom is 0.407 e. The Kier molecular flexibility index (Phi) is 7.57. The first-order valence-electron chi connectivity index (χ1n) is 12.6. The van der Waals surface area contributed by atoms with Crippen LogP contribution in [-0.4, -0.2) is 67.7 Å². The first kappa shape index (κ1) is 24.0. The molecule has 1 aromatic carbocycles. The molecule has 3 aliphatic rings. The Labute approximate surface area is 196 Å². The van der Waals surface area contributed by atoms with Gasteiger partial charge >= 0.3 is 6.09 Å². The van der Waals surface area contributed by atoms with E-state index >= 15 is 0 Å². The van der Waals surface area contributed by atoms with Gasteiger partial charge in [-0.2, -0.15) is 0 Å². The van der Waals surface area contributed by atoms with E-state index in [9.17, 15) is 14.0 Å². The number of halogens is 1. The van der Waals surface area contributed by atoms with E-state index in [-0.39, 0.29) is 29.1 Å². The summed E-state index contributed by atoms with van der Waals surface area (Å²) in [7, 11) is 1.40. The van der Waals surface area contributed by atoms with E-state index in [2.05, 4.69) is 16.3 Å². The van der Waals surface area contributed by atoms with Crippen LogP contribution in [0.5, 0.6) is 0 Å². The van der Waals surface area contributed by atoms with E-state index in [0.717, 1.165) is 70.4 Å². The van der Waals surface area contributed by atoms with Gasteiger partial charge in [0.05, 0.1) is 7.11 Å². The minimum absolute atomic E-state index is 0.00250. The number of carbonyl (C=O) groups is 2. The molecule has 33 heavy (non-hydrogen) atoms. The van der Waals surface area contributed by atoms with E-state index in [0.29, 0.717) is 12.3 Å². The van der Waals surface area contributed by atoms with Gasteiger partial charge in [-0.3, -0.25) is 4.79 Å². The lowest BCUT2D eigenvalue weighted by Crippen LogP contribution is -2.59. The summed E-state index contributed by atoms with van der Waals surface area (Å²) in [5.41, 5.74) is 0.754. The number of likely N-dealkylation sites (tertiary alicyclic amines) is 2. The van der Waals surface area contributed by atoms with E-state index < -0.39 is 6.09 Å². The molecule has 0 radical (unpaired) electrons. The van der Waals surface area contributed by atoms with Crippen molar-refractivity contribution in [2.75, 3.05) is 39.8 Å². The molecule has 3 fully saturated rings. The Morgan fingerprint density at radius 1 is 1.12 bits per heavy atom. The fourth-order valence-corrected chi connectivity index (χ4v) is 6.61. The van der Waals surface area contributed by atoms with Gasteiger partial charge in [-0.25, -0.2) is 9.18 Å². The van der Waals surface area contributed by atoms with Crippen molar-refractivity contribution in [2.45, 2.75) is 63.3 Å². The molecule has 2 amide bonds. The van der Waals surface area contributed by atoms with Crippen LogP contribution in [0.15, 0.2) is 24.3 Å². The largest absolute Gasteiger partial charge is 0.453 e. The molecule has 0 spiro atoms. The minimum Gasteiger partial charge on any atom is -0.453 e. The zero-order valence-electron chi connectivity index (χ0n) is 20.0. The van der Waals surface area contributed by atoms with Crippen molar-refractivity contribution in [1.82, 2.24) is 15.1 Å². The van der Waals surface area contributed by atoms with Crippen LogP contribution in [0.1, 0.15) is 57.4 Å². The molecule has 2 saturated heterocycles. The molecule has 0 bridgehead atoms. The average Bonchev–Trinajstić information content (AvgIpc) is 3.26. The Balaban J connectivity index is 1.73. The van der Waals surface area contributed by atoms with E-state index in [1.165, 1.54) is 19.6 Å². The second kappa shape index (κ2) is 10.4. The first-order chi connectivity index (χ1) is 16.0. The summed E-state index contributed by atoms with van der Waals surface area (Å²) in [5.74, 6) is 0.497. The summed E-state index contributed by atoms with van der Waals surface area (Å²) < 4.78 is 19.5. The normalized spacial score (nSPS) is 25.8. The summed E-state index contributed by atoms with van der Waals surface area (Å²) in [4.78, 5) is 29.0. The quantitative estimate of drug-likeness (QED) is 0.671. The molecule has 1 N–H and O–H groups in total. The Morgan fingerprint density at radius 3 is 2.48 bits per heavy atom. The van der Waals surface area contributed by atoms with Crippen LogP contribution in [0.2, 0.25) is 0 Å². The number of amides is 2. The highest BCUT2D eigenvalue weighted by Crippen LogP contribution is 2.51. The number of rotatable bonds is 7. The number of piperidine rings is 1. The van der Waals surface area contributed by atoms with Gasteiger partial charge < -0.3 is 19.9 Å². The SMILES string of the molecule is CCC(=O)N1CCC(C(CN2CCC2)(c2cccc(F)c2)[C@H]2CCC[C@@H]2NC(=O)OC)CC1. The molecular formula is C26H38FN3O3. The van der Waals surface area contributed by atoms with Gasteiger partial charge in [0, 0.05) is 37.5 Å². The zero-order chi connectivity index (χ0) is 23.4.